The lowest BCUT2D eigenvalue weighted by atomic mass is 10.1. The Morgan fingerprint density at radius 1 is 1.18 bits per heavy atom. The zero-order chi connectivity index (χ0) is 16.7. The minimum atomic E-state index is -0.496. The second-order valence-electron chi connectivity index (χ2n) is 4.55. The molecule has 1 rings (SSSR count). The molecule has 4 nitrogen and oxygen atoms in total. The van der Waals surface area contributed by atoms with Gasteiger partial charge in [-0.25, -0.2) is 9.59 Å². The molecule has 0 fully saturated rings. The van der Waals surface area contributed by atoms with E-state index < -0.39 is 11.9 Å². The minimum absolute atomic E-state index is 0.237. The van der Waals surface area contributed by atoms with Gasteiger partial charge in [0, 0.05) is 15.0 Å². The number of hydrogen-bond donors (Lipinski definition) is 0. The molecule has 0 spiro atoms. The summed E-state index contributed by atoms with van der Waals surface area (Å²) in [4.78, 5) is 23.3. The lowest BCUT2D eigenvalue weighted by Crippen LogP contribution is -2.13. The van der Waals surface area contributed by atoms with Crippen LogP contribution in [-0.4, -0.2) is 25.2 Å². The van der Waals surface area contributed by atoms with E-state index in [4.69, 9.17) is 4.74 Å². The van der Waals surface area contributed by atoms with Gasteiger partial charge < -0.3 is 9.47 Å². The van der Waals surface area contributed by atoms with Gasteiger partial charge in [-0.1, -0.05) is 12.1 Å². The molecule has 0 heterocycles. The summed E-state index contributed by atoms with van der Waals surface area (Å²) in [5.41, 5.74) is 1.03. The number of halogens is 2. The molecule has 22 heavy (non-hydrogen) atoms. The second kappa shape index (κ2) is 8.90. The SMILES string of the molecule is COC(=O)/C=C\C=C(\C(=O)OC(C)C)c1ccc(Br)c(Br)c1. The Balaban J connectivity index is 3.18. The number of ether oxygens (including phenoxy) is 2. The smallest absolute Gasteiger partial charge is 0.338 e. The minimum Gasteiger partial charge on any atom is -0.466 e. The fourth-order valence-electron chi connectivity index (χ4n) is 1.51. The van der Waals surface area contributed by atoms with Crippen LogP contribution in [0.15, 0.2) is 45.4 Å². The van der Waals surface area contributed by atoms with Crippen LogP contribution in [0.4, 0.5) is 0 Å². The van der Waals surface area contributed by atoms with E-state index in [0.29, 0.717) is 11.1 Å². The van der Waals surface area contributed by atoms with Crippen LogP contribution in [0.1, 0.15) is 19.4 Å². The summed E-state index contributed by atoms with van der Waals surface area (Å²) in [5.74, 6) is -0.955. The van der Waals surface area contributed by atoms with Crippen LogP contribution < -0.4 is 0 Å². The normalized spacial score (nSPS) is 11.8. The highest BCUT2D eigenvalue weighted by molar-refractivity contribution is 9.13. The van der Waals surface area contributed by atoms with Gasteiger partial charge in [-0.05, 0) is 69.5 Å². The number of hydrogen-bond acceptors (Lipinski definition) is 4. The zero-order valence-electron chi connectivity index (χ0n) is 12.4. The maximum atomic E-state index is 12.2. The molecule has 0 aliphatic rings. The summed E-state index contributed by atoms with van der Waals surface area (Å²) in [6, 6.07) is 5.40. The monoisotopic (exact) mass is 430 g/mol. The van der Waals surface area contributed by atoms with E-state index in [1.165, 1.54) is 25.3 Å². The number of benzene rings is 1. The number of allylic oxidation sites excluding steroid dienone is 2. The van der Waals surface area contributed by atoms with Crippen molar-refractivity contribution in [2.24, 2.45) is 0 Å². The standard InChI is InChI=1S/C16H16Br2O4/c1-10(2)22-16(20)12(5-4-6-15(19)21-3)11-7-8-13(17)14(18)9-11/h4-10H,1-3H3/b6-4-,12-5+. The molecule has 0 saturated carbocycles. The summed E-state index contributed by atoms with van der Waals surface area (Å²) in [6.45, 7) is 3.55. The maximum absolute atomic E-state index is 12.2. The van der Waals surface area contributed by atoms with Gasteiger partial charge in [0.15, 0.2) is 0 Å². The van der Waals surface area contributed by atoms with E-state index in [9.17, 15) is 9.59 Å². The first-order chi connectivity index (χ1) is 10.3. The highest BCUT2D eigenvalue weighted by Crippen LogP contribution is 2.27. The summed E-state index contributed by atoms with van der Waals surface area (Å²) in [6.07, 6.45) is 3.98. The highest BCUT2D eigenvalue weighted by atomic mass is 79.9. The van der Waals surface area contributed by atoms with Crippen LogP contribution in [0, 0.1) is 0 Å². The molecule has 0 bridgehead atoms. The van der Waals surface area contributed by atoms with Crippen molar-refractivity contribution in [3.8, 4) is 0 Å². The molecule has 118 valence electrons. The highest BCUT2D eigenvalue weighted by Gasteiger charge is 2.15. The summed E-state index contributed by atoms with van der Waals surface area (Å²) >= 11 is 6.78. The molecule has 0 aromatic heterocycles. The quantitative estimate of drug-likeness (QED) is 0.396. The van der Waals surface area contributed by atoms with Crippen LogP contribution in [-0.2, 0) is 19.1 Å². The van der Waals surface area contributed by atoms with Crippen molar-refractivity contribution in [1.82, 2.24) is 0 Å². The second-order valence-corrected chi connectivity index (χ2v) is 6.25. The van der Waals surface area contributed by atoms with Gasteiger partial charge in [0.05, 0.1) is 18.8 Å². The fourth-order valence-corrected chi connectivity index (χ4v) is 2.14. The van der Waals surface area contributed by atoms with Gasteiger partial charge in [0.2, 0.25) is 0 Å². The van der Waals surface area contributed by atoms with E-state index >= 15 is 0 Å². The van der Waals surface area contributed by atoms with E-state index in [1.807, 2.05) is 6.07 Å². The third kappa shape index (κ3) is 5.77. The number of methoxy groups -OCH3 is 1. The van der Waals surface area contributed by atoms with Crippen molar-refractivity contribution in [3.05, 3.63) is 50.9 Å². The van der Waals surface area contributed by atoms with Crippen LogP contribution in [0.2, 0.25) is 0 Å². The Bertz CT molecular complexity index is 619. The van der Waals surface area contributed by atoms with Crippen LogP contribution in [0.25, 0.3) is 5.57 Å². The van der Waals surface area contributed by atoms with Crippen molar-refractivity contribution < 1.29 is 19.1 Å². The molecule has 0 radical (unpaired) electrons. The van der Waals surface area contributed by atoms with E-state index in [-0.39, 0.29) is 6.10 Å². The molecular weight excluding hydrogens is 416 g/mol. The Labute approximate surface area is 146 Å². The molecule has 1 aromatic rings. The van der Waals surface area contributed by atoms with Gasteiger partial charge in [0.1, 0.15) is 0 Å². The number of esters is 2. The first-order valence-electron chi connectivity index (χ1n) is 6.48. The van der Waals surface area contributed by atoms with Crippen LogP contribution in [0.3, 0.4) is 0 Å². The van der Waals surface area contributed by atoms with Crippen molar-refractivity contribution >= 4 is 49.4 Å². The van der Waals surface area contributed by atoms with Crippen LogP contribution >= 0.6 is 31.9 Å². The first-order valence-corrected chi connectivity index (χ1v) is 8.06. The Morgan fingerprint density at radius 3 is 2.41 bits per heavy atom. The molecule has 0 aliphatic carbocycles. The Kier molecular flexibility index (Phi) is 7.55. The van der Waals surface area contributed by atoms with E-state index in [2.05, 4.69) is 36.6 Å². The molecule has 0 unspecified atom stereocenters. The molecular formula is C16H16Br2O4. The van der Waals surface area contributed by atoms with Gasteiger partial charge in [0.25, 0.3) is 0 Å². The third-order valence-corrected chi connectivity index (χ3v) is 4.37. The van der Waals surface area contributed by atoms with Crippen molar-refractivity contribution in [2.45, 2.75) is 20.0 Å². The molecule has 0 aliphatic heterocycles. The molecule has 0 N–H and O–H groups in total. The van der Waals surface area contributed by atoms with Gasteiger partial charge in [-0.3, -0.25) is 0 Å². The Morgan fingerprint density at radius 2 is 1.86 bits per heavy atom. The summed E-state index contributed by atoms with van der Waals surface area (Å²) in [7, 11) is 1.29. The molecule has 6 heteroatoms. The topological polar surface area (TPSA) is 52.6 Å². The van der Waals surface area contributed by atoms with Crippen molar-refractivity contribution in [3.63, 3.8) is 0 Å². The van der Waals surface area contributed by atoms with E-state index in [1.54, 1.807) is 26.0 Å². The number of carbonyl (C=O) groups excluding carboxylic acids is 2. The molecule has 1 aromatic carbocycles. The lowest BCUT2D eigenvalue weighted by Gasteiger charge is -2.11. The Hall–Kier alpha value is -1.40. The molecule has 0 saturated heterocycles. The van der Waals surface area contributed by atoms with Gasteiger partial charge >= 0.3 is 11.9 Å². The first kappa shape index (κ1) is 18.6. The summed E-state index contributed by atoms with van der Waals surface area (Å²) in [5, 5.41) is 0. The lowest BCUT2D eigenvalue weighted by molar-refractivity contribution is -0.140. The largest absolute Gasteiger partial charge is 0.466 e. The van der Waals surface area contributed by atoms with Crippen molar-refractivity contribution in [1.29, 1.82) is 0 Å². The molecule has 0 amide bonds. The predicted molar refractivity (Wildman–Crippen MR) is 92.2 cm³/mol. The fraction of sp³-hybridized carbons (Fsp3) is 0.250. The van der Waals surface area contributed by atoms with E-state index in [0.717, 1.165) is 8.95 Å². The third-order valence-electron chi connectivity index (χ3n) is 2.49. The maximum Gasteiger partial charge on any atom is 0.338 e. The average molecular weight is 432 g/mol. The average Bonchev–Trinajstić information content (AvgIpc) is 2.45. The van der Waals surface area contributed by atoms with Crippen molar-refractivity contribution in [2.75, 3.05) is 7.11 Å². The summed E-state index contributed by atoms with van der Waals surface area (Å²) < 4.78 is 11.4. The molecule has 0 atom stereocenters. The zero-order valence-corrected chi connectivity index (χ0v) is 15.6. The van der Waals surface area contributed by atoms with Gasteiger partial charge in [-0.2, -0.15) is 0 Å². The van der Waals surface area contributed by atoms with Gasteiger partial charge in [-0.15, -0.1) is 0 Å². The number of rotatable bonds is 5. The van der Waals surface area contributed by atoms with Crippen LogP contribution in [0.5, 0.6) is 0 Å². The number of carbonyl (C=O) groups is 2. The predicted octanol–water partition coefficient (Wildman–Crippen LogP) is 4.28.